The first-order chi connectivity index (χ1) is 9.12. The maximum atomic E-state index is 6.22. The summed E-state index contributed by atoms with van der Waals surface area (Å²) in [6, 6.07) is 2.23. The molecule has 1 heterocycles. The molecule has 0 spiro atoms. The summed E-state index contributed by atoms with van der Waals surface area (Å²) in [6.07, 6.45) is 6.54. The van der Waals surface area contributed by atoms with Crippen LogP contribution in [0.1, 0.15) is 43.9 Å². The van der Waals surface area contributed by atoms with Crippen LogP contribution in [0.25, 0.3) is 0 Å². The number of halogens is 1. The van der Waals surface area contributed by atoms with Gasteiger partial charge in [-0.3, -0.25) is 4.90 Å². The Labute approximate surface area is 129 Å². The van der Waals surface area contributed by atoms with Crippen molar-refractivity contribution in [2.45, 2.75) is 51.1 Å². The molecule has 1 aromatic heterocycles. The van der Waals surface area contributed by atoms with Crippen LogP contribution in [-0.2, 0) is 6.54 Å². The second-order valence-electron chi connectivity index (χ2n) is 5.75. The van der Waals surface area contributed by atoms with Crippen LogP contribution >= 0.6 is 27.3 Å². The summed E-state index contributed by atoms with van der Waals surface area (Å²) in [5.74, 6) is 0.750. The lowest BCUT2D eigenvalue weighted by atomic mass is 9.70. The minimum Gasteiger partial charge on any atom is -0.329 e. The van der Waals surface area contributed by atoms with Crippen molar-refractivity contribution in [3.63, 3.8) is 0 Å². The molecule has 2 N–H and O–H groups in total. The normalized spacial score (nSPS) is 27.9. The fourth-order valence-corrected chi connectivity index (χ4v) is 5.14. The molecular weight excluding hydrogens is 320 g/mol. The van der Waals surface area contributed by atoms with Crippen LogP contribution in [0.15, 0.2) is 15.9 Å². The van der Waals surface area contributed by atoms with Crippen molar-refractivity contribution < 1.29 is 0 Å². The summed E-state index contributed by atoms with van der Waals surface area (Å²) in [7, 11) is 2.26. The van der Waals surface area contributed by atoms with Gasteiger partial charge in [-0.15, -0.1) is 11.3 Å². The van der Waals surface area contributed by atoms with E-state index in [-0.39, 0.29) is 5.54 Å². The van der Waals surface area contributed by atoms with E-state index in [4.69, 9.17) is 5.73 Å². The molecule has 4 heteroatoms. The van der Waals surface area contributed by atoms with E-state index >= 15 is 0 Å². The van der Waals surface area contributed by atoms with Gasteiger partial charge in [0.15, 0.2) is 0 Å². The zero-order valence-electron chi connectivity index (χ0n) is 12.0. The van der Waals surface area contributed by atoms with Gasteiger partial charge in [-0.25, -0.2) is 0 Å². The maximum absolute atomic E-state index is 6.22. The zero-order valence-corrected chi connectivity index (χ0v) is 14.4. The van der Waals surface area contributed by atoms with E-state index in [0.29, 0.717) is 0 Å². The summed E-state index contributed by atoms with van der Waals surface area (Å²) in [6.45, 7) is 4.12. The van der Waals surface area contributed by atoms with Crippen LogP contribution in [0.4, 0.5) is 0 Å². The average molecular weight is 345 g/mol. The monoisotopic (exact) mass is 344 g/mol. The van der Waals surface area contributed by atoms with Gasteiger partial charge in [0, 0.05) is 33.4 Å². The minimum absolute atomic E-state index is 0.212. The Kier molecular flexibility index (Phi) is 5.46. The van der Waals surface area contributed by atoms with Crippen molar-refractivity contribution in [3.8, 4) is 0 Å². The van der Waals surface area contributed by atoms with Gasteiger partial charge in [0.05, 0.1) is 0 Å². The molecule has 2 unspecified atom stereocenters. The zero-order chi connectivity index (χ0) is 13.9. The third-order valence-corrected chi connectivity index (χ3v) is 6.48. The molecule has 0 bridgehead atoms. The number of nitrogens with two attached hydrogens (primary N) is 1. The average Bonchev–Trinajstić information content (AvgIpc) is 2.83. The molecule has 1 fully saturated rings. The molecule has 0 amide bonds. The number of nitrogens with zero attached hydrogens (tertiary/aromatic N) is 1. The standard InChI is InChI=1S/C15H25BrN2S/c1-3-12-6-4-5-7-15(12,11-17)18(2)9-14-8-13(16)10-19-14/h8,10,12H,3-7,9,11,17H2,1-2H3. The first kappa shape index (κ1) is 15.5. The molecule has 0 radical (unpaired) electrons. The molecule has 2 nitrogen and oxygen atoms in total. The highest BCUT2D eigenvalue weighted by atomic mass is 79.9. The van der Waals surface area contributed by atoms with E-state index in [2.05, 4.69) is 46.2 Å². The van der Waals surface area contributed by atoms with E-state index in [9.17, 15) is 0 Å². The molecular formula is C15H25BrN2S. The van der Waals surface area contributed by atoms with Gasteiger partial charge in [0.2, 0.25) is 0 Å². The maximum Gasteiger partial charge on any atom is 0.0360 e. The smallest absolute Gasteiger partial charge is 0.0360 e. The summed E-state index contributed by atoms with van der Waals surface area (Å²) >= 11 is 5.37. The number of hydrogen-bond acceptors (Lipinski definition) is 3. The van der Waals surface area contributed by atoms with E-state index in [1.165, 1.54) is 41.5 Å². The molecule has 1 aliphatic rings. The van der Waals surface area contributed by atoms with E-state index < -0.39 is 0 Å². The van der Waals surface area contributed by atoms with E-state index in [0.717, 1.165) is 19.0 Å². The number of rotatable bonds is 5. The van der Waals surface area contributed by atoms with Crippen LogP contribution in [0, 0.1) is 5.92 Å². The fraction of sp³-hybridized carbons (Fsp3) is 0.733. The third kappa shape index (κ3) is 3.23. The summed E-state index contributed by atoms with van der Waals surface area (Å²) in [5, 5.41) is 2.16. The van der Waals surface area contributed by atoms with Crippen molar-refractivity contribution in [2.75, 3.05) is 13.6 Å². The molecule has 108 valence electrons. The van der Waals surface area contributed by atoms with Crippen molar-refractivity contribution in [1.82, 2.24) is 4.90 Å². The molecule has 1 saturated carbocycles. The fourth-order valence-electron chi connectivity index (χ4n) is 3.63. The Bertz CT molecular complexity index is 407. The second-order valence-corrected chi connectivity index (χ2v) is 7.66. The summed E-state index contributed by atoms with van der Waals surface area (Å²) in [4.78, 5) is 3.95. The van der Waals surface area contributed by atoms with Crippen molar-refractivity contribution >= 4 is 27.3 Å². The SMILES string of the molecule is CCC1CCCCC1(CN)N(C)Cc1cc(Br)cs1. The Balaban J connectivity index is 2.14. The quantitative estimate of drug-likeness (QED) is 0.865. The van der Waals surface area contributed by atoms with Crippen LogP contribution < -0.4 is 5.73 Å². The predicted molar refractivity (Wildman–Crippen MR) is 87.5 cm³/mol. The predicted octanol–water partition coefficient (Wildman–Crippen LogP) is 4.24. The highest BCUT2D eigenvalue weighted by Crippen LogP contribution is 2.40. The van der Waals surface area contributed by atoms with Crippen LogP contribution in [0.5, 0.6) is 0 Å². The molecule has 19 heavy (non-hydrogen) atoms. The van der Waals surface area contributed by atoms with Crippen LogP contribution in [-0.4, -0.2) is 24.0 Å². The molecule has 0 aromatic carbocycles. The van der Waals surface area contributed by atoms with Crippen molar-refractivity contribution in [2.24, 2.45) is 11.7 Å². The van der Waals surface area contributed by atoms with Crippen LogP contribution in [0.2, 0.25) is 0 Å². The molecule has 1 aliphatic carbocycles. The van der Waals surface area contributed by atoms with E-state index in [1.54, 1.807) is 0 Å². The van der Waals surface area contributed by atoms with Gasteiger partial charge < -0.3 is 5.73 Å². The lowest BCUT2D eigenvalue weighted by Crippen LogP contribution is -2.58. The minimum atomic E-state index is 0.212. The Hall–Kier alpha value is 0.1000. The second kappa shape index (κ2) is 6.70. The van der Waals surface area contributed by atoms with Gasteiger partial charge in [-0.1, -0.05) is 26.2 Å². The van der Waals surface area contributed by atoms with Crippen LogP contribution in [0.3, 0.4) is 0 Å². The molecule has 2 atom stereocenters. The number of likely N-dealkylation sites (N-methyl/N-ethyl adjacent to an activating group) is 1. The number of thiophene rings is 1. The topological polar surface area (TPSA) is 29.3 Å². The van der Waals surface area contributed by atoms with Crippen molar-refractivity contribution in [3.05, 3.63) is 20.8 Å². The largest absolute Gasteiger partial charge is 0.329 e. The van der Waals surface area contributed by atoms with Gasteiger partial charge in [-0.05, 0) is 47.8 Å². The number of hydrogen-bond donors (Lipinski definition) is 1. The van der Waals surface area contributed by atoms with Gasteiger partial charge in [-0.2, -0.15) is 0 Å². The Morgan fingerprint density at radius 3 is 2.89 bits per heavy atom. The Morgan fingerprint density at radius 1 is 1.53 bits per heavy atom. The van der Waals surface area contributed by atoms with Gasteiger partial charge >= 0.3 is 0 Å². The lowest BCUT2D eigenvalue weighted by Gasteiger charge is -2.49. The Morgan fingerprint density at radius 2 is 2.32 bits per heavy atom. The van der Waals surface area contributed by atoms with Crippen molar-refractivity contribution in [1.29, 1.82) is 0 Å². The first-order valence-corrected chi connectivity index (χ1v) is 8.94. The summed E-state index contributed by atoms with van der Waals surface area (Å²) in [5.41, 5.74) is 6.43. The third-order valence-electron chi connectivity index (χ3n) is 4.79. The van der Waals surface area contributed by atoms with E-state index in [1.807, 2.05) is 11.3 Å². The van der Waals surface area contributed by atoms with Gasteiger partial charge in [0.1, 0.15) is 0 Å². The molecule has 0 saturated heterocycles. The molecule has 0 aliphatic heterocycles. The molecule has 1 aromatic rings. The molecule has 2 rings (SSSR count). The lowest BCUT2D eigenvalue weighted by molar-refractivity contribution is 0.0184. The highest BCUT2D eigenvalue weighted by Gasteiger charge is 2.41. The first-order valence-electron chi connectivity index (χ1n) is 7.26. The highest BCUT2D eigenvalue weighted by molar-refractivity contribution is 9.10. The van der Waals surface area contributed by atoms with Gasteiger partial charge in [0.25, 0.3) is 0 Å². The summed E-state index contributed by atoms with van der Waals surface area (Å²) < 4.78 is 1.19.